The second-order valence-electron chi connectivity index (χ2n) is 5.54. The van der Waals surface area contributed by atoms with E-state index in [0.717, 1.165) is 27.4 Å². The second kappa shape index (κ2) is 6.37. The van der Waals surface area contributed by atoms with E-state index in [9.17, 15) is 0 Å². The molecule has 4 nitrogen and oxygen atoms in total. The molecule has 2 heterocycles. The Morgan fingerprint density at radius 3 is 2.48 bits per heavy atom. The van der Waals surface area contributed by atoms with Crippen LogP contribution in [0.25, 0.3) is 21.8 Å². The minimum atomic E-state index is 0.158. The summed E-state index contributed by atoms with van der Waals surface area (Å²) in [6.07, 6.45) is 1.98. The monoisotopic (exact) mass is 391 g/mol. The smallest absolute Gasteiger partial charge is 0.226 e. The lowest BCUT2D eigenvalue weighted by Crippen LogP contribution is -2.00. The minimum absolute atomic E-state index is 0.158. The van der Waals surface area contributed by atoms with Crippen molar-refractivity contribution in [3.05, 3.63) is 63.5 Å². The molecule has 2 aromatic carbocycles. The summed E-state index contributed by atoms with van der Waals surface area (Å²) < 4.78 is 7.47. The average Bonchev–Trinajstić information content (AvgIpc) is 3.00. The lowest BCUT2D eigenvalue weighted by molar-refractivity contribution is 0.403. The van der Waals surface area contributed by atoms with Crippen LogP contribution in [0.1, 0.15) is 5.56 Å². The van der Waals surface area contributed by atoms with Gasteiger partial charge in [0, 0.05) is 32.7 Å². The minimum Gasteiger partial charge on any atom is -0.480 e. The van der Waals surface area contributed by atoms with Gasteiger partial charge in [0.25, 0.3) is 0 Å². The van der Waals surface area contributed by atoms with E-state index in [0.29, 0.717) is 22.5 Å². The SMILES string of the molecule is COc1nc(Cl)nc2ccc3c(ccn3Cc3c(Cl)cccc3Cl)c12. The zero-order valence-corrected chi connectivity index (χ0v) is 15.4. The van der Waals surface area contributed by atoms with Crippen LogP contribution in [0.4, 0.5) is 0 Å². The average molecular weight is 393 g/mol. The molecule has 0 spiro atoms. The Morgan fingerprint density at radius 2 is 1.76 bits per heavy atom. The molecule has 0 amide bonds. The number of benzene rings is 2. The van der Waals surface area contributed by atoms with E-state index in [-0.39, 0.29) is 5.28 Å². The van der Waals surface area contributed by atoms with Gasteiger partial charge in [-0.3, -0.25) is 0 Å². The normalized spacial score (nSPS) is 11.4. The lowest BCUT2D eigenvalue weighted by Gasteiger charge is -2.11. The highest BCUT2D eigenvalue weighted by atomic mass is 35.5. The molecule has 0 aliphatic heterocycles. The number of rotatable bonds is 3. The number of aromatic nitrogens is 3. The fraction of sp³-hybridized carbons (Fsp3) is 0.111. The Morgan fingerprint density at radius 1 is 1.00 bits per heavy atom. The van der Waals surface area contributed by atoms with E-state index in [4.69, 9.17) is 39.5 Å². The van der Waals surface area contributed by atoms with Crippen LogP contribution >= 0.6 is 34.8 Å². The largest absolute Gasteiger partial charge is 0.480 e. The summed E-state index contributed by atoms with van der Waals surface area (Å²) in [5.41, 5.74) is 2.62. The molecular weight excluding hydrogens is 381 g/mol. The predicted molar refractivity (Wildman–Crippen MR) is 102 cm³/mol. The van der Waals surface area contributed by atoms with E-state index >= 15 is 0 Å². The molecule has 0 atom stereocenters. The molecule has 0 N–H and O–H groups in total. The van der Waals surface area contributed by atoms with Crippen LogP contribution in [0.15, 0.2) is 42.6 Å². The van der Waals surface area contributed by atoms with Crippen LogP contribution in [0.3, 0.4) is 0 Å². The first-order chi connectivity index (χ1) is 12.1. The van der Waals surface area contributed by atoms with Crippen LogP contribution in [-0.2, 0) is 6.54 Å². The molecule has 4 aromatic rings. The van der Waals surface area contributed by atoms with Gasteiger partial charge in [-0.1, -0.05) is 29.3 Å². The van der Waals surface area contributed by atoms with Gasteiger partial charge in [0.05, 0.1) is 24.6 Å². The van der Waals surface area contributed by atoms with E-state index in [1.807, 2.05) is 42.6 Å². The zero-order valence-electron chi connectivity index (χ0n) is 13.1. The molecule has 0 aliphatic carbocycles. The summed E-state index contributed by atoms with van der Waals surface area (Å²) in [6.45, 7) is 0.560. The molecule has 126 valence electrons. The third-order valence-corrected chi connectivity index (χ3v) is 5.01. The number of fused-ring (bicyclic) bond motifs is 3. The highest BCUT2D eigenvalue weighted by molar-refractivity contribution is 6.36. The highest BCUT2D eigenvalue weighted by Gasteiger charge is 2.14. The molecule has 2 aromatic heterocycles. The molecule has 25 heavy (non-hydrogen) atoms. The number of hydrogen-bond acceptors (Lipinski definition) is 3. The Hall–Kier alpha value is -2.01. The Kier molecular flexibility index (Phi) is 4.20. The van der Waals surface area contributed by atoms with Gasteiger partial charge < -0.3 is 9.30 Å². The van der Waals surface area contributed by atoms with Crippen molar-refractivity contribution in [1.29, 1.82) is 0 Å². The van der Waals surface area contributed by atoms with Crippen LogP contribution in [-0.4, -0.2) is 21.6 Å². The summed E-state index contributed by atoms with van der Waals surface area (Å²) in [5.74, 6) is 0.453. The van der Waals surface area contributed by atoms with E-state index in [1.165, 1.54) is 0 Å². The Labute approximate surface area is 158 Å². The Bertz CT molecular complexity index is 1090. The molecule has 0 aliphatic rings. The van der Waals surface area contributed by atoms with Crippen LogP contribution < -0.4 is 4.74 Å². The van der Waals surface area contributed by atoms with Crippen molar-refractivity contribution in [2.75, 3.05) is 7.11 Å². The molecule has 0 unspecified atom stereocenters. The first-order valence-corrected chi connectivity index (χ1v) is 8.64. The van der Waals surface area contributed by atoms with Gasteiger partial charge in [-0.2, -0.15) is 4.98 Å². The fourth-order valence-electron chi connectivity index (χ4n) is 2.98. The highest BCUT2D eigenvalue weighted by Crippen LogP contribution is 2.33. The van der Waals surface area contributed by atoms with Crippen molar-refractivity contribution >= 4 is 56.6 Å². The fourth-order valence-corrected chi connectivity index (χ4v) is 3.67. The maximum atomic E-state index is 6.31. The molecule has 0 fully saturated rings. The van der Waals surface area contributed by atoms with Crippen LogP contribution in [0.2, 0.25) is 15.3 Å². The zero-order chi connectivity index (χ0) is 17.6. The number of methoxy groups -OCH3 is 1. The summed E-state index contributed by atoms with van der Waals surface area (Å²) in [6, 6.07) is 11.4. The van der Waals surface area contributed by atoms with Gasteiger partial charge in [0.15, 0.2) is 0 Å². The van der Waals surface area contributed by atoms with Gasteiger partial charge >= 0.3 is 0 Å². The number of hydrogen-bond donors (Lipinski definition) is 0. The second-order valence-corrected chi connectivity index (χ2v) is 6.69. The first kappa shape index (κ1) is 16.5. The maximum Gasteiger partial charge on any atom is 0.226 e. The number of nitrogens with zero attached hydrogens (tertiary/aromatic N) is 3. The third kappa shape index (κ3) is 2.80. The van der Waals surface area contributed by atoms with E-state index < -0.39 is 0 Å². The van der Waals surface area contributed by atoms with Crippen LogP contribution in [0.5, 0.6) is 5.88 Å². The predicted octanol–water partition coefficient (Wildman–Crippen LogP) is 5.60. The van der Waals surface area contributed by atoms with Crippen molar-refractivity contribution in [1.82, 2.24) is 14.5 Å². The van der Waals surface area contributed by atoms with Gasteiger partial charge in [-0.25, -0.2) is 4.98 Å². The van der Waals surface area contributed by atoms with Gasteiger partial charge in [0.2, 0.25) is 11.2 Å². The molecule has 0 radical (unpaired) electrons. The first-order valence-electron chi connectivity index (χ1n) is 7.50. The van der Waals surface area contributed by atoms with E-state index in [2.05, 4.69) is 14.5 Å². The Balaban J connectivity index is 1.92. The van der Waals surface area contributed by atoms with Crippen molar-refractivity contribution in [2.45, 2.75) is 6.54 Å². The van der Waals surface area contributed by atoms with Crippen molar-refractivity contribution in [3.8, 4) is 5.88 Å². The molecular formula is C18H12Cl3N3O. The molecule has 0 saturated heterocycles. The topological polar surface area (TPSA) is 39.9 Å². The van der Waals surface area contributed by atoms with E-state index in [1.54, 1.807) is 7.11 Å². The van der Waals surface area contributed by atoms with Crippen molar-refractivity contribution in [2.24, 2.45) is 0 Å². The molecule has 7 heteroatoms. The summed E-state index contributed by atoms with van der Waals surface area (Å²) >= 11 is 18.6. The summed E-state index contributed by atoms with van der Waals surface area (Å²) in [5, 5.41) is 3.25. The van der Waals surface area contributed by atoms with Gasteiger partial charge in [0.1, 0.15) is 0 Å². The number of ether oxygens (including phenoxy) is 1. The molecule has 0 bridgehead atoms. The summed E-state index contributed by atoms with van der Waals surface area (Å²) in [7, 11) is 1.57. The van der Waals surface area contributed by atoms with Crippen molar-refractivity contribution < 1.29 is 4.74 Å². The van der Waals surface area contributed by atoms with Gasteiger partial charge in [-0.15, -0.1) is 0 Å². The third-order valence-electron chi connectivity index (χ3n) is 4.13. The van der Waals surface area contributed by atoms with Crippen LogP contribution in [0, 0.1) is 0 Å². The number of halogens is 3. The quantitative estimate of drug-likeness (QED) is 0.426. The summed E-state index contributed by atoms with van der Waals surface area (Å²) in [4.78, 5) is 8.45. The van der Waals surface area contributed by atoms with Crippen molar-refractivity contribution in [3.63, 3.8) is 0 Å². The molecule has 4 rings (SSSR count). The van der Waals surface area contributed by atoms with Gasteiger partial charge in [-0.05, 0) is 41.9 Å². The maximum absolute atomic E-state index is 6.31. The molecule has 0 saturated carbocycles. The standard InChI is InChI=1S/C18H12Cl3N3O/c1-25-17-16-10-7-8-24(9-11-12(19)3-2-4-13(11)20)15(10)6-5-14(16)22-18(21)23-17/h2-8H,9H2,1H3. The lowest BCUT2D eigenvalue weighted by atomic mass is 10.1.